The summed E-state index contributed by atoms with van der Waals surface area (Å²) in [6.07, 6.45) is -2.54. The molecule has 2 aromatic heterocycles. The minimum Gasteiger partial charge on any atom is -0.508 e. The number of halogens is 3. The fraction of sp³-hybridized carbons (Fsp3) is 0.0714. The van der Waals surface area contributed by atoms with Crippen LogP contribution in [0, 0.1) is 0 Å². The van der Waals surface area contributed by atoms with Crippen molar-refractivity contribution in [3.63, 3.8) is 0 Å². The molecule has 0 aliphatic heterocycles. The number of hydrogen-bond acceptors (Lipinski definition) is 5. The van der Waals surface area contributed by atoms with Gasteiger partial charge in [-0.3, -0.25) is 10.1 Å². The number of alkyl halides is 3. The van der Waals surface area contributed by atoms with Gasteiger partial charge in [0.2, 0.25) is 0 Å². The molecular weight excluding hydrogens is 313 g/mol. The molecule has 1 aromatic carbocycles. The van der Waals surface area contributed by atoms with Crippen LogP contribution in [0.25, 0.3) is 22.8 Å². The highest BCUT2D eigenvalue weighted by Crippen LogP contribution is 2.36. The number of aromatic nitrogens is 4. The zero-order chi connectivity index (χ0) is 16.6. The average molecular weight is 322 g/mol. The highest BCUT2D eigenvalue weighted by atomic mass is 19.4. The van der Waals surface area contributed by atoms with Gasteiger partial charge < -0.3 is 10.2 Å². The maximum absolute atomic E-state index is 13.0. The number of hydrogen-bond donors (Lipinski definition) is 3. The Bertz CT molecular complexity index is 861. The van der Waals surface area contributed by atoms with Gasteiger partial charge in [0, 0.05) is 12.4 Å². The fourth-order valence-electron chi connectivity index (χ4n) is 2.04. The molecule has 0 aliphatic rings. The molecule has 0 saturated carbocycles. The second kappa shape index (κ2) is 5.27. The van der Waals surface area contributed by atoms with Gasteiger partial charge >= 0.3 is 6.18 Å². The molecule has 0 radical (unpaired) electrons. The van der Waals surface area contributed by atoms with Crippen LogP contribution >= 0.6 is 0 Å². The highest BCUT2D eigenvalue weighted by Gasteiger charge is 2.34. The Kier molecular flexibility index (Phi) is 3.40. The van der Waals surface area contributed by atoms with Crippen LogP contribution in [0.5, 0.6) is 11.5 Å². The molecule has 3 rings (SSSR count). The normalized spacial score (nSPS) is 11.6. The first-order chi connectivity index (χ1) is 10.9. The molecule has 0 bridgehead atoms. The fourth-order valence-corrected chi connectivity index (χ4v) is 2.04. The highest BCUT2D eigenvalue weighted by molar-refractivity contribution is 5.68. The molecule has 0 unspecified atom stereocenters. The van der Waals surface area contributed by atoms with Crippen LogP contribution in [-0.4, -0.2) is 30.4 Å². The number of H-pyrrole nitrogens is 1. The van der Waals surface area contributed by atoms with Gasteiger partial charge in [-0.2, -0.15) is 18.3 Å². The molecule has 9 heteroatoms. The SMILES string of the molecule is Oc1ccc(O)c(-c2nc(-c3cnccc3C(F)(F)F)n[nH]2)c1. The average Bonchev–Trinajstić information content (AvgIpc) is 2.98. The number of nitrogens with zero attached hydrogens (tertiary/aromatic N) is 3. The number of rotatable bonds is 2. The lowest BCUT2D eigenvalue weighted by molar-refractivity contribution is -0.137. The Morgan fingerprint density at radius 1 is 1.04 bits per heavy atom. The van der Waals surface area contributed by atoms with E-state index in [1.54, 1.807) is 0 Å². The van der Waals surface area contributed by atoms with Crippen LogP contribution in [0.3, 0.4) is 0 Å². The van der Waals surface area contributed by atoms with Crippen LogP contribution in [0.4, 0.5) is 13.2 Å². The number of benzene rings is 1. The third kappa shape index (κ3) is 2.80. The zero-order valence-corrected chi connectivity index (χ0v) is 11.3. The van der Waals surface area contributed by atoms with Gasteiger partial charge in [-0.25, -0.2) is 4.98 Å². The second-order valence-corrected chi connectivity index (χ2v) is 4.63. The third-order valence-corrected chi connectivity index (χ3v) is 3.09. The van der Waals surface area contributed by atoms with Crippen molar-refractivity contribution < 1.29 is 23.4 Å². The van der Waals surface area contributed by atoms with E-state index in [4.69, 9.17) is 0 Å². The molecule has 0 saturated heterocycles. The van der Waals surface area contributed by atoms with E-state index < -0.39 is 11.7 Å². The van der Waals surface area contributed by atoms with Crippen LogP contribution in [-0.2, 0) is 6.18 Å². The van der Waals surface area contributed by atoms with E-state index in [1.807, 2.05) is 0 Å². The van der Waals surface area contributed by atoms with Crippen molar-refractivity contribution in [2.75, 3.05) is 0 Å². The molecule has 3 N–H and O–H groups in total. The summed E-state index contributed by atoms with van der Waals surface area (Å²) in [7, 11) is 0. The van der Waals surface area contributed by atoms with E-state index in [2.05, 4.69) is 20.2 Å². The molecular formula is C14H9F3N4O2. The number of aromatic hydroxyl groups is 2. The Balaban J connectivity index is 2.09. The number of phenolic OH excluding ortho intramolecular Hbond substituents is 2. The molecule has 23 heavy (non-hydrogen) atoms. The molecule has 0 spiro atoms. The summed E-state index contributed by atoms with van der Waals surface area (Å²) in [6.45, 7) is 0. The summed E-state index contributed by atoms with van der Waals surface area (Å²) in [5.74, 6) is -0.533. The van der Waals surface area contributed by atoms with Gasteiger partial charge in [0.05, 0.1) is 16.7 Å². The van der Waals surface area contributed by atoms with Gasteiger partial charge in [-0.1, -0.05) is 0 Å². The molecule has 2 heterocycles. The van der Waals surface area contributed by atoms with Gasteiger partial charge in [-0.05, 0) is 24.3 Å². The van der Waals surface area contributed by atoms with E-state index in [9.17, 15) is 23.4 Å². The summed E-state index contributed by atoms with van der Waals surface area (Å²) >= 11 is 0. The monoisotopic (exact) mass is 322 g/mol. The molecule has 6 nitrogen and oxygen atoms in total. The summed E-state index contributed by atoms with van der Waals surface area (Å²) in [5, 5.41) is 25.4. The predicted octanol–water partition coefficient (Wildman–Crippen LogP) is 2.96. The number of nitrogens with one attached hydrogen (secondary N) is 1. The lowest BCUT2D eigenvalue weighted by Crippen LogP contribution is -2.07. The van der Waals surface area contributed by atoms with Crippen molar-refractivity contribution in [2.24, 2.45) is 0 Å². The Morgan fingerprint density at radius 2 is 1.83 bits per heavy atom. The number of pyridine rings is 1. The first-order valence-electron chi connectivity index (χ1n) is 6.32. The molecule has 0 atom stereocenters. The van der Waals surface area contributed by atoms with Crippen molar-refractivity contribution in [1.29, 1.82) is 0 Å². The van der Waals surface area contributed by atoms with Gasteiger partial charge in [0.25, 0.3) is 0 Å². The second-order valence-electron chi connectivity index (χ2n) is 4.63. The van der Waals surface area contributed by atoms with E-state index in [-0.39, 0.29) is 34.3 Å². The van der Waals surface area contributed by atoms with Crippen LogP contribution < -0.4 is 0 Å². The van der Waals surface area contributed by atoms with Gasteiger partial charge in [-0.15, -0.1) is 0 Å². The topological polar surface area (TPSA) is 94.9 Å². The smallest absolute Gasteiger partial charge is 0.417 e. The zero-order valence-electron chi connectivity index (χ0n) is 11.3. The Labute approximate surface area is 127 Å². The molecule has 3 aromatic rings. The quantitative estimate of drug-likeness (QED) is 0.631. The van der Waals surface area contributed by atoms with E-state index in [0.29, 0.717) is 0 Å². The number of aromatic amines is 1. The summed E-state index contributed by atoms with van der Waals surface area (Å²) in [6, 6.07) is 4.54. The third-order valence-electron chi connectivity index (χ3n) is 3.09. The van der Waals surface area contributed by atoms with E-state index >= 15 is 0 Å². The Morgan fingerprint density at radius 3 is 2.57 bits per heavy atom. The summed E-state index contributed by atoms with van der Waals surface area (Å²) in [4.78, 5) is 7.61. The minimum atomic E-state index is -4.58. The first kappa shape index (κ1) is 14.8. The minimum absolute atomic E-state index is 0.0189. The van der Waals surface area contributed by atoms with Crippen molar-refractivity contribution in [1.82, 2.24) is 20.2 Å². The standard InChI is InChI=1S/C14H9F3N4O2/c15-14(16,17)10-3-4-18-6-9(10)13-19-12(20-21-13)8-5-7(22)1-2-11(8)23/h1-6,22-23H,(H,19,20,21). The molecule has 0 fully saturated rings. The maximum atomic E-state index is 13.0. The van der Waals surface area contributed by atoms with Gasteiger partial charge in [0.15, 0.2) is 11.6 Å². The summed E-state index contributed by atoms with van der Waals surface area (Å²) < 4.78 is 39.0. The lowest BCUT2D eigenvalue weighted by atomic mass is 10.1. The molecule has 0 aliphatic carbocycles. The van der Waals surface area contributed by atoms with Crippen LogP contribution in [0.15, 0.2) is 36.7 Å². The van der Waals surface area contributed by atoms with Gasteiger partial charge in [0.1, 0.15) is 11.5 Å². The maximum Gasteiger partial charge on any atom is 0.417 e. The van der Waals surface area contributed by atoms with Crippen LogP contribution in [0.1, 0.15) is 5.56 Å². The van der Waals surface area contributed by atoms with E-state index in [0.717, 1.165) is 18.5 Å². The van der Waals surface area contributed by atoms with Crippen molar-refractivity contribution in [3.8, 4) is 34.3 Å². The van der Waals surface area contributed by atoms with Crippen molar-refractivity contribution >= 4 is 0 Å². The predicted molar refractivity (Wildman–Crippen MR) is 73.4 cm³/mol. The van der Waals surface area contributed by atoms with E-state index in [1.165, 1.54) is 18.2 Å². The van der Waals surface area contributed by atoms with Crippen molar-refractivity contribution in [3.05, 3.63) is 42.2 Å². The Hall–Kier alpha value is -3.10. The molecule has 118 valence electrons. The number of phenols is 2. The van der Waals surface area contributed by atoms with Crippen LogP contribution in [0.2, 0.25) is 0 Å². The first-order valence-corrected chi connectivity index (χ1v) is 6.32. The largest absolute Gasteiger partial charge is 0.508 e. The lowest BCUT2D eigenvalue weighted by Gasteiger charge is -2.09. The molecule has 0 amide bonds. The van der Waals surface area contributed by atoms with Crippen molar-refractivity contribution in [2.45, 2.75) is 6.18 Å². The summed E-state index contributed by atoms with van der Waals surface area (Å²) in [5.41, 5.74) is -1.10.